The summed E-state index contributed by atoms with van der Waals surface area (Å²) in [4.78, 5) is 1.36. The van der Waals surface area contributed by atoms with Crippen LogP contribution in [0.25, 0.3) is 10.1 Å². The Labute approximate surface area is 99.1 Å². The van der Waals surface area contributed by atoms with Crippen LogP contribution < -0.4 is 0 Å². The molecule has 0 spiro atoms. The number of aryl methyl sites for hydroxylation is 1. The molecule has 0 radical (unpaired) electrons. The molecule has 2 nitrogen and oxygen atoms in total. The number of hydrogen-bond acceptors (Lipinski definition) is 3. The number of nitrogens with zero attached hydrogens (tertiary/aromatic N) is 1. The lowest BCUT2D eigenvalue weighted by molar-refractivity contribution is -0.107. The van der Waals surface area contributed by atoms with Gasteiger partial charge in [-0.15, -0.1) is 11.3 Å². The Morgan fingerprint density at radius 3 is 3.00 bits per heavy atom. The summed E-state index contributed by atoms with van der Waals surface area (Å²) in [5.41, 5.74) is 1.46. The number of hydrogen-bond donors (Lipinski definition) is 1. The van der Waals surface area contributed by atoms with Gasteiger partial charge in [-0.1, -0.05) is 18.2 Å². The Balaban J connectivity index is 2.21. The number of rotatable bonds is 1. The molecule has 3 heteroatoms. The lowest BCUT2D eigenvalue weighted by Crippen LogP contribution is -2.23. The van der Waals surface area contributed by atoms with Crippen molar-refractivity contribution in [1.82, 2.24) is 5.06 Å². The second-order valence-electron chi connectivity index (χ2n) is 4.42. The van der Waals surface area contributed by atoms with Gasteiger partial charge in [-0.3, -0.25) is 0 Å². The zero-order chi connectivity index (χ0) is 11.1. The van der Waals surface area contributed by atoms with Crippen molar-refractivity contribution in [3.05, 3.63) is 34.7 Å². The lowest BCUT2D eigenvalue weighted by Gasteiger charge is -2.26. The third kappa shape index (κ3) is 1.47. The Bertz CT molecular complexity index is 518. The van der Waals surface area contributed by atoms with Crippen molar-refractivity contribution in [2.24, 2.45) is 0 Å². The molecule has 0 amide bonds. The highest BCUT2D eigenvalue weighted by atomic mass is 32.1. The summed E-state index contributed by atoms with van der Waals surface area (Å²) in [5.74, 6) is 0. The fourth-order valence-corrected chi connectivity index (χ4v) is 4.03. The summed E-state index contributed by atoms with van der Waals surface area (Å²) >= 11 is 1.83. The van der Waals surface area contributed by atoms with Gasteiger partial charge in [0, 0.05) is 16.6 Å². The van der Waals surface area contributed by atoms with Crippen LogP contribution in [0.1, 0.15) is 29.3 Å². The summed E-state index contributed by atoms with van der Waals surface area (Å²) in [5, 5.41) is 12.4. The molecule has 1 atom stereocenters. The van der Waals surface area contributed by atoms with Crippen LogP contribution >= 0.6 is 11.3 Å². The molecule has 1 aliphatic rings. The van der Waals surface area contributed by atoms with Gasteiger partial charge >= 0.3 is 0 Å². The van der Waals surface area contributed by atoms with E-state index in [4.69, 9.17) is 0 Å². The molecule has 0 saturated heterocycles. The quantitative estimate of drug-likeness (QED) is 0.761. The molecular formula is C13H15NOS. The minimum absolute atomic E-state index is 0.196. The molecule has 1 heterocycles. The highest BCUT2D eigenvalue weighted by molar-refractivity contribution is 7.19. The van der Waals surface area contributed by atoms with Crippen LogP contribution in [0, 0.1) is 0 Å². The molecule has 16 heavy (non-hydrogen) atoms. The molecule has 2 aromatic rings. The van der Waals surface area contributed by atoms with Gasteiger partial charge in [-0.2, -0.15) is 5.06 Å². The second-order valence-corrected chi connectivity index (χ2v) is 5.51. The average molecular weight is 233 g/mol. The van der Waals surface area contributed by atoms with E-state index in [1.54, 1.807) is 7.05 Å². The van der Waals surface area contributed by atoms with Crippen molar-refractivity contribution in [3.63, 3.8) is 0 Å². The maximum Gasteiger partial charge on any atom is 0.0692 e. The molecule has 0 aliphatic heterocycles. The van der Waals surface area contributed by atoms with E-state index in [0.717, 1.165) is 12.8 Å². The molecule has 0 saturated carbocycles. The van der Waals surface area contributed by atoms with E-state index in [-0.39, 0.29) is 6.04 Å². The Morgan fingerprint density at radius 2 is 2.19 bits per heavy atom. The first-order valence-electron chi connectivity index (χ1n) is 5.69. The van der Waals surface area contributed by atoms with Crippen LogP contribution in [-0.2, 0) is 6.42 Å². The van der Waals surface area contributed by atoms with Crippen molar-refractivity contribution in [2.45, 2.75) is 25.3 Å². The van der Waals surface area contributed by atoms with Gasteiger partial charge in [-0.25, -0.2) is 0 Å². The third-order valence-electron chi connectivity index (χ3n) is 3.39. The Kier molecular flexibility index (Phi) is 2.46. The van der Waals surface area contributed by atoms with Crippen LogP contribution in [0.5, 0.6) is 0 Å². The van der Waals surface area contributed by atoms with Crippen molar-refractivity contribution >= 4 is 21.4 Å². The summed E-state index contributed by atoms with van der Waals surface area (Å²) in [6.07, 6.45) is 3.39. The van der Waals surface area contributed by atoms with E-state index >= 15 is 0 Å². The molecule has 3 rings (SSSR count). The minimum Gasteiger partial charge on any atom is -0.314 e. The minimum atomic E-state index is 0.196. The van der Waals surface area contributed by atoms with Crippen LogP contribution in [0.2, 0.25) is 0 Å². The Hall–Kier alpha value is -0.900. The van der Waals surface area contributed by atoms with Gasteiger partial charge in [0.05, 0.1) is 6.04 Å². The van der Waals surface area contributed by atoms with Crippen molar-refractivity contribution < 1.29 is 5.21 Å². The molecule has 0 bridgehead atoms. The maximum absolute atomic E-state index is 9.69. The van der Waals surface area contributed by atoms with Crippen LogP contribution in [0.4, 0.5) is 0 Å². The number of thiophene rings is 1. The van der Waals surface area contributed by atoms with Gasteiger partial charge in [-0.05, 0) is 36.3 Å². The van der Waals surface area contributed by atoms with Crippen LogP contribution in [0.3, 0.4) is 0 Å². The highest BCUT2D eigenvalue weighted by Crippen LogP contribution is 2.42. The molecule has 0 fully saturated rings. The number of fused-ring (bicyclic) bond motifs is 3. The zero-order valence-electron chi connectivity index (χ0n) is 9.31. The first-order chi connectivity index (χ1) is 7.77. The molecule has 1 aliphatic carbocycles. The maximum atomic E-state index is 9.69. The highest BCUT2D eigenvalue weighted by Gasteiger charge is 2.26. The summed E-state index contributed by atoms with van der Waals surface area (Å²) in [7, 11) is 1.75. The molecule has 1 N–H and O–H groups in total. The van der Waals surface area contributed by atoms with Crippen LogP contribution in [-0.4, -0.2) is 17.3 Å². The molecule has 1 unspecified atom stereocenters. The number of benzene rings is 1. The zero-order valence-corrected chi connectivity index (χ0v) is 10.1. The van der Waals surface area contributed by atoms with Gasteiger partial charge in [0.15, 0.2) is 0 Å². The monoisotopic (exact) mass is 233 g/mol. The summed E-state index contributed by atoms with van der Waals surface area (Å²) < 4.78 is 1.35. The fourth-order valence-electron chi connectivity index (χ4n) is 2.60. The summed E-state index contributed by atoms with van der Waals surface area (Å²) in [6.45, 7) is 0. The van der Waals surface area contributed by atoms with Crippen LogP contribution in [0.15, 0.2) is 24.3 Å². The van der Waals surface area contributed by atoms with Gasteiger partial charge in [0.25, 0.3) is 0 Å². The smallest absolute Gasteiger partial charge is 0.0692 e. The van der Waals surface area contributed by atoms with E-state index in [1.807, 2.05) is 11.3 Å². The topological polar surface area (TPSA) is 23.5 Å². The van der Waals surface area contributed by atoms with Gasteiger partial charge < -0.3 is 5.21 Å². The van der Waals surface area contributed by atoms with E-state index in [9.17, 15) is 5.21 Å². The molecule has 1 aromatic carbocycles. The normalized spacial score (nSPS) is 20.3. The van der Waals surface area contributed by atoms with E-state index in [0.29, 0.717) is 0 Å². The first kappa shape index (κ1) is 10.3. The van der Waals surface area contributed by atoms with E-state index in [1.165, 1.54) is 32.0 Å². The molecule has 1 aromatic heterocycles. The molecule has 84 valence electrons. The van der Waals surface area contributed by atoms with E-state index in [2.05, 4.69) is 24.3 Å². The second kappa shape index (κ2) is 3.84. The third-order valence-corrected chi connectivity index (χ3v) is 4.70. The standard InChI is InChI=1S/C13H15NOS/c1-14(15)11-7-4-6-10-9-5-2-3-8-12(9)16-13(10)11/h2-3,5,8,11,15H,4,6-7H2,1H3. The fraction of sp³-hybridized carbons (Fsp3) is 0.385. The van der Waals surface area contributed by atoms with Crippen molar-refractivity contribution in [1.29, 1.82) is 0 Å². The predicted octanol–water partition coefficient (Wildman–Crippen LogP) is 3.60. The van der Waals surface area contributed by atoms with Crippen molar-refractivity contribution in [3.8, 4) is 0 Å². The number of hydroxylamine groups is 2. The van der Waals surface area contributed by atoms with Crippen molar-refractivity contribution in [2.75, 3.05) is 7.05 Å². The first-order valence-corrected chi connectivity index (χ1v) is 6.51. The average Bonchev–Trinajstić information content (AvgIpc) is 2.67. The molecular weight excluding hydrogens is 218 g/mol. The SMILES string of the molecule is CN(O)C1CCCc2c1sc1ccccc21. The Morgan fingerprint density at radius 1 is 1.38 bits per heavy atom. The lowest BCUT2D eigenvalue weighted by atomic mass is 9.92. The van der Waals surface area contributed by atoms with Gasteiger partial charge in [0.2, 0.25) is 0 Å². The summed E-state index contributed by atoms with van der Waals surface area (Å²) in [6, 6.07) is 8.75. The largest absolute Gasteiger partial charge is 0.314 e. The predicted molar refractivity (Wildman–Crippen MR) is 67.1 cm³/mol. The van der Waals surface area contributed by atoms with E-state index < -0.39 is 0 Å². The van der Waals surface area contributed by atoms with Gasteiger partial charge in [0.1, 0.15) is 0 Å².